The number of benzene rings is 2. The molecule has 2 amide bonds. The zero-order valence-corrected chi connectivity index (χ0v) is 16.6. The Kier molecular flexibility index (Phi) is 5.16. The Balaban J connectivity index is 1.96. The molecular formula is C21H23ClN2O3. The van der Waals surface area contributed by atoms with Gasteiger partial charge in [0, 0.05) is 16.1 Å². The minimum absolute atomic E-state index is 0.100. The molecule has 142 valence electrons. The van der Waals surface area contributed by atoms with Gasteiger partial charge >= 0.3 is 0 Å². The molecule has 0 saturated heterocycles. The molecule has 0 saturated carbocycles. The van der Waals surface area contributed by atoms with Gasteiger partial charge < -0.3 is 15.0 Å². The van der Waals surface area contributed by atoms with Crippen LogP contribution in [-0.4, -0.2) is 17.9 Å². The van der Waals surface area contributed by atoms with E-state index < -0.39 is 11.5 Å². The van der Waals surface area contributed by atoms with Crippen LogP contribution >= 0.6 is 11.6 Å². The molecule has 1 atom stereocenters. The van der Waals surface area contributed by atoms with Gasteiger partial charge in [-0.3, -0.25) is 9.59 Å². The molecule has 0 bridgehead atoms. The Labute approximate surface area is 164 Å². The third-order valence-electron chi connectivity index (χ3n) is 4.39. The van der Waals surface area contributed by atoms with Crippen LogP contribution in [0.25, 0.3) is 0 Å². The Morgan fingerprint density at radius 3 is 2.59 bits per heavy atom. The quantitative estimate of drug-likeness (QED) is 0.836. The summed E-state index contributed by atoms with van der Waals surface area (Å²) in [5.41, 5.74) is 1.55. The van der Waals surface area contributed by atoms with Crippen molar-refractivity contribution >= 4 is 34.8 Å². The Hall–Kier alpha value is -2.53. The highest BCUT2D eigenvalue weighted by Gasteiger charge is 2.32. The number of amides is 2. The van der Waals surface area contributed by atoms with Crippen molar-refractivity contribution in [2.24, 2.45) is 5.41 Å². The van der Waals surface area contributed by atoms with Crippen LogP contribution in [0.5, 0.6) is 5.75 Å². The van der Waals surface area contributed by atoms with Gasteiger partial charge in [0.2, 0.25) is 5.91 Å². The summed E-state index contributed by atoms with van der Waals surface area (Å²) in [6.07, 6.45) is -0.588. The Morgan fingerprint density at radius 2 is 1.93 bits per heavy atom. The molecule has 0 aliphatic carbocycles. The van der Waals surface area contributed by atoms with Crippen LogP contribution in [0.1, 0.15) is 33.3 Å². The van der Waals surface area contributed by atoms with Crippen LogP contribution in [0.4, 0.5) is 11.4 Å². The van der Waals surface area contributed by atoms with Crippen LogP contribution in [0.3, 0.4) is 0 Å². The number of hydrogen-bond donors (Lipinski definition) is 1. The first-order valence-corrected chi connectivity index (χ1v) is 9.21. The third kappa shape index (κ3) is 4.08. The summed E-state index contributed by atoms with van der Waals surface area (Å²) in [7, 11) is 0. The minimum Gasteiger partial charge on any atom is -0.479 e. The average Bonchev–Trinajstić information content (AvgIpc) is 2.60. The minimum atomic E-state index is -0.588. The smallest absolute Gasteiger partial charge is 0.268 e. The van der Waals surface area contributed by atoms with Gasteiger partial charge in [0.05, 0.1) is 12.2 Å². The molecule has 6 heteroatoms. The molecule has 0 spiro atoms. The fourth-order valence-electron chi connectivity index (χ4n) is 2.76. The highest BCUT2D eigenvalue weighted by molar-refractivity contribution is 6.31. The molecule has 1 heterocycles. The van der Waals surface area contributed by atoms with Crippen molar-refractivity contribution in [3.8, 4) is 5.75 Å². The predicted molar refractivity (Wildman–Crippen MR) is 107 cm³/mol. The molecule has 3 rings (SSSR count). The van der Waals surface area contributed by atoms with Crippen molar-refractivity contribution in [2.45, 2.75) is 40.3 Å². The standard InChI is InChI=1S/C21H23ClN2O3/c1-13-19(25)24(12-14-7-5-6-8-16(14)22)17-11-15(9-10-18(17)27-13)23-20(26)21(2,3)4/h5-11,13H,12H2,1-4H3,(H,23,26). The number of nitrogens with zero attached hydrogens (tertiary/aromatic N) is 1. The first kappa shape index (κ1) is 19.2. The van der Waals surface area contributed by atoms with Crippen molar-refractivity contribution in [3.63, 3.8) is 0 Å². The SMILES string of the molecule is CC1Oc2ccc(NC(=O)C(C)(C)C)cc2N(Cc2ccccc2Cl)C1=O. The lowest BCUT2D eigenvalue weighted by atomic mass is 9.95. The van der Waals surface area contributed by atoms with E-state index >= 15 is 0 Å². The topological polar surface area (TPSA) is 58.6 Å². The summed E-state index contributed by atoms with van der Waals surface area (Å²) >= 11 is 6.28. The molecule has 2 aromatic rings. The number of hydrogen-bond acceptors (Lipinski definition) is 3. The van der Waals surface area contributed by atoms with E-state index in [1.54, 1.807) is 36.1 Å². The van der Waals surface area contributed by atoms with Gasteiger partial charge in [-0.15, -0.1) is 0 Å². The Morgan fingerprint density at radius 1 is 1.22 bits per heavy atom. The van der Waals surface area contributed by atoms with E-state index in [9.17, 15) is 9.59 Å². The summed E-state index contributed by atoms with van der Waals surface area (Å²) in [6.45, 7) is 7.59. The molecule has 5 nitrogen and oxygen atoms in total. The van der Waals surface area contributed by atoms with E-state index in [0.717, 1.165) is 5.56 Å². The highest BCUT2D eigenvalue weighted by Crippen LogP contribution is 2.38. The van der Waals surface area contributed by atoms with Crippen molar-refractivity contribution in [1.29, 1.82) is 0 Å². The number of ether oxygens (including phenoxy) is 1. The number of anilines is 2. The molecule has 1 aliphatic rings. The van der Waals surface area contributed by atoms with Gasteiger partial charge in [0.15, 0.2) is 6.10 Å². The number of carbonyl (C=O) groups excluding carboxylic acids is 2. The zero-order chi connectivity index (χ0) is 19.8. The van der Waals surface area contributed by atoms with Crippen molar-refractivity contribution < 1.29 is 14.3 Å². The molecule has 0 fully saturated rings. The normalized spacial score (nSPS) is 16.6. The zero-order valence-electron chi connectivity index (χ0n) is 15.9. The van der Waals surface area contributed by atoms with Crippen LogP contribution in [-0.2, 0) is 16.1 Å². The van der Waals surface area contributed by atoms with Crippen LogP contribution in [0, 0.1) is 5.41 Å². The molecular weight excluding hydrogens is 364 g/mol. The van der Waals surface area contributed by atoms with E-state index in [0.29, 0.717) is 28.7 Å². The summed E-state index contributed by atoms with van der Waals surface area (Å²) in [6, 6.07) is 12.7. The first-order chi connectivity index (χ1) is 12.7. The summed E-state index contributed by atoms with van der Waals surface area (Å²) in [4.78, 5) is 26.7. The van der Waals surface area contributed by atoms with E-state index in [4.69, 9.17) is 16.3 Å². The molecule has 0 aromatic heterocycles. The number of halogens is 1. The van der Waals surface area contributed by atoms with Crippen LogP contribution in [0.15, 0.2) is 42.5 Å². The second kappa shape index (κ2) is 7.24. The molecule has 0 radical (unpaired) electrons. The maximum absolute atomic E-state index is 12.8. The lowest BCUT2D eigenvalue weighted by Gasteiger charge is -2.33. The average molecular weight is 387 g/mol. The molecule has 1 unspecified atom stereocenters. The fraction of sp³-hybridized carbons (Fsp3) is 0.333. The van der Waals surface area contributed by atoms with Gasteiger partial charge in [-0.05, 0) is 36.8 Å². The maximum atomic E-state index is 12.8. The van der Waals surface area contributed by atoms with E-state index in [1.165, 1.54) is 0 Å². The van der Waals surface area contributed by atoms with Crippen LogP contribution in [0.2, 0.25) is 5.02 Å². The van der Waals surface area contributed by atoms with Gasteiger partial charge in [0.25, 0.3) is 5.91 Å². The van der Waals surface area contributed by atoms with Gasteiger partial charge in [-0.25, -0.2) is 0 Å². The maximum Gasteiger partial charge on any atom is 0.268 e. The fourth-order valence-corrected chi connectivity index (χ4v) is 2.96. The van der Waals surface area contributed by atoms with E-state index in [-0.39, 0.29) is 11.8 Å². The summed E-state index contributed by atoms with van der Waals surface area (Å²) in [5.74, 6) is 0.348. The largest absolute Gasteiger partial charge is 0.479 e. The monoisotopic (exact) mass is 386 g/mol. The highest BCUT2D eigenvalue weighted by atomic mass is 35.5. The van der Waals surface area contributed by atoms with Gasteiger partial charge in [-0.2, -0.15) is 0 Å². The van der Waals surface area contributed by atoms with Gasteiger partial charge in [0.1, 0.15) is 5.75 Å². The number of rotatable bonds is 3. The lowest BCUT2D eigenvalue weighted by molar-refractivity contribution is -0.125. The predicted octanol–water partition coefficient (Wildman–Crippen LogP) is 4.64. The van der Waals surface area contributed by atoms with Crippen molar-refractivity contribution in [3.05, 3.63) is 53.1 Å². The molecule has 27 heavy (non-hydrogen) atoms. The second-order valence-corrected chi connectivity index (χ2v) is 8.07. The first-order valence-electron chi connectivity index (χ1n) is 8.84. The molecule has 1 N–H and O–H groups in total. The van der Waals surface area contributed by atoms with Crippen molar-refractivity contribution in [2.75, 3.05) is 10.2 Å². The van der Waals surface area contributed by atoms with Gasteiger partial charge in [-0.1, -0.05) is 50.6 Å². The Bertz CT molecular complexity index is 889. The number of carbonyl (C=O) groups is 2. The van der Waals surface area contributed by atoms with E-state index in [2.05, 4.69) is 5.32 Å². The lowest BCUT2D eigenvalue weighted by Crippen LogP contribution is -2.44. The number of nitrogens with one attached hydrogen (secondary N) is 1. The number of fused-ring (bicyclic) bond motifs is 1. The third-order valence-corrected chi connectivity index (χ3v) is 4.76. The summed E-state index contributed by atoms with van der Waals surface area (Å²) < 4.78 is 5.73. The molecule has 1 aliphatic heterocycles. The van der Waals surface area contributed by atoms with E-state index in [1.807, 2.05) is 39.0 Å². The summed E-state index contributed by atoms with van der Waals surface area (Å²) in [5, 5.41) is 3.50. The molecule has 2 aromatic carbocycles. The van der Waals surface area contributed by atoms with Crippen molar-refractivity contribution in [1.82, 2.24) is 0 Å². The second-order valence-electron chi connectivity index (χ2n) is 7.66. The van der Waals surface area contributed by atoms with Crippen LogP contribution < -0.4 is 15.0 Å².